The van der Waals surface area contributed by atoms with Gasteiger partial charge in [0.15, 0.2) is 11.6 Å². The molecule has 0 fully saturated rings. The summed E-state index contributed by atoms with van der Waals surface area (Å²) in [7, 11) is 1.58. The third-order valence-corrected chi connectivity index (χ3v) is 6.18. The number of hydrogen-bond acceptors (Lipinski definition) is 8. The molecule has 10 nitrogen and oxygen atoms in total. The minimum absolute atomic E-state index is 0.0570. The van der Waals surface area contributed by atoms with Crippen molar-refractivity contribution in [3.63, 3.8) is 0 Å². The first-order valence-electron chi connectivity index (χ1n) is 12.6. The van der Waals surface area contributed by atoms with Gasteiger partial charge in [-0.3, -0.25) is 14.4 Å². The number of carbonyl (C=O) groups is 3. The quantitative estimate of drug-likeness (QED) is 0.270. The van der Waals surface area contributed by atoms with E-state index in [1.165, 1.54) is 6.92 Å². The molecule has 0 saturated heterocycles. The van der Waals surface area contributed by atoms with Crippen molar-refractivity contribution in [1.82, 2.24) is 20.6 Å². The Bertz CT molecular complexity index is 1300. The summed E-state index contributed by atoms with van der Waals surface area (Å²) in [6.07, 6.45) is 0.565. The molecule has 1 aromatic heterocycles. The van der Waals surface area contributed by atoms with Crippen molar-refractivity contribution in [2.75, 3.05) is 43.9 Å². The summed E-state index contributed by atoms with van der Waals surface area (Å²) < 4.78 is 5.28. The smallest absolute Gasteiger partial charge is 0.220 e. The molecular weight excluding hydrogens is 484 g/mol. The minimum atomic E-state index is -0.151. The monoisotopic (exact) mass is 516 g/mol. The number of amides is 2. The number of hydrogen-bond donors (Lipinski definition) is 4. The molecule has 198 valence electrons. The van der Waals surface area contributed by atoms with Crippen molar-refractivity contribution in [2.24, 2.45) is 0 Å². The van der Waals surface area contributed by atoms with E-state index in [9.17, 15) is 14.4 Å². The highest BCUT2D eigenvalue weighted by molar-refractivity contribution is 6.02. The van der Waals surface area contributed by atoms with E-state index in [0.29, 0.717) is 61.4 Å². The van der Waals surface area contributed by atoms with Gasteiger partial charge in [0.25, 0.3) is 0 Å². The summed E-state index contributed by atoms with van der Waals surface area (Å²) in [6.45, 7) is 3.30. The van der Waals surface area contributed by atoms with Gasteiger partial charge in [-0.15, -0.1) is 0 Å². The number of nitrogens with one attached hydrogen (secondary N) is 4. The van der Waals surface area contributed by atoms with Gasteiger partial charge in [-0.25, -0.2) is 9.97 Å². The number of ketones is 1. The molecule has 0 saturated carbocycles. The van der Waals surface area contributed by atoms with Crippen LogP contribution in [0.5, 0.6) is 5.75 Å². The van der Waals surface area contributed by atoms with Crippen LogP contribution in [0.3, 0.4) is 0 Å². The van der Waals surface area contributed by atoms with E-state index in [0.717, 1.165) is 11.1 Å². The molecule has 3 aromatic rings. The van der Waals surface area contributed by atoms with E-state index in [-0.39, 0.29) is 29.9 Å². The highest BCUT2D eigenvalue weighted by Crippen LogP contribution is 2.37. The number of ether oxygens (including phenoxy) is 1. The van der Waals surface area contributed by atoms with Gasteiger partial charge in [0.1, 0.15) is 17.4 Å². The number of Topliss-reactive ketones (excluding diaryl/α,β-unsaturated/α-hetero) is 1. The Morgan fingerprint density at radius 1 is 0.921 bits per heavy atom. The second-order valence-electron chi connectivity index (χ2n) is 9.00. The van der Waals surface area contributed by atoms with Gasteiger partial charge in [-0.05, 0) is 23.8 Å². The van der Waals surface area contributed by atoms with Crippen molar-refractivity contribution >= 4 is 29.2 Å². The lowest BCUT2D eigenvalue weighted by atomic mass is 9.97. The fraction of sp³-hybridized carbons (Fsp3) is 0.321. The lowest BCUT2D eigenvalue weighted by molar-refractivity contribution is -0.121. The normalized spacial score (nSPS) is 13.9. The van der Waals surface area contributed by atoms with Crippen molar-refractivity contribution < 1.29 is 19.1 Å². The molecule has 0 spiro atoms. The summed E-state index contributed by atoms with van der Waals surface area (Å²) in [5, 5.41) is 12.1. The highest BCUT2D eigenvalue weighted by Gasteiger charge is 2.31. The maximum Gasteiger partial charge on any atom is 0.220 e. The summed E-state index contributed by atoms with van der Waals surface area (Å²) in [4.78, 5) is 45.3. The molecule has 1 aliphatic rings. The number of fused-ring (bicyclic) bond motifs is 1. The van der Waals surface area contributed by atoms with Crippen LogP contribution < -0.4 is 26.0 Å². The predicted octanol–water partition coefficient (Wildman–Crippen LogP) is 2.99. The number of benzene rings is 2. The summed E-state index contributed by atoms with van der Waals surface area (Å²) in [6, 6.07) is 16.8. The molecule has 4 rings (SSSR count). The fourth-order valence-corrected chi connectivity index (χ4v) is 4.35. The number of aromatic nitrogens is 2. The van der Waals surface area contributed by atoms with Crippen molar-refractivity contribution in [1.29, 1.82) is 0 Å². The largest absolute Gasteiger partial charge is 0.497 e. The molecule has 2 aromatic carbocycles. The SMILES string of the molecule is COc1ccc2c(c1)C(CC(=O)NCCNc1cc(NCCNC(C)=O)nc(-c3ccccc3)n1)CC2=O. The van der Waals surface area contributed by atoms with Gasteiger partial charge in [-0.2, -0.15) is 0 Å². The van der Waals surface area contributed by atoms with Gasteiger partial charge in [0, 0.05) is 69.1 Å². The molecule has 38 heavy (non-hydrogen) atoms. The Hall–Kier alpha value is -4.47. The zero-order chi connectivity index (χ0) is 26.9. The topological polar surface area (TPSA) is 134 Å². The Kier molecular flexibility index (Phi) is 8.86. The van der Waals surface area contributed by atoms with Crippen LogP contribution in [0.15, 0.2) is 54.6 Å². The van der Waals surface area contributed by atoms with Crippen LogP contribution in [0.25, 0.3) is 11.4 Å². The van der Waals surface area contributed by atoms with E-state index in [1.54, 1.807) is 25.3 Å². The maximum atomic E-state index is 12.6. The van der Waals surface area contributed by atoms with Crippen LogP contribution in [0, 0.1) is 0 Å². The minimum Gasteiger partial charge on any atom is -0.497 e. The van der Waals surface area contributed by atoms with Gasteiger partial charge in [0.2, 0.25) is 11.8 Å². The Labute approximate surface area is 221 Å². The van der Waals surface area contributed by atoms with E-state index in [2.05, 4.69) is 31.2 Å². The van der Waals surface area contributed by atoms with Gasteiger partial charge < -0.3 is 26.0 Å². The zero-order valence-electron chi connectivity index (χ0n) is 21.5. The van der Waals surface area contributed by atoms with Crippen LogP contribution >= 0.6 is 0 Å². The molecule has 1 aliphatic carbocycles. The van der Waals surface area contributed by atoms with Crippen molar-refractivity contribution in [3.05, 3.63) is 65.7 Å². The summed E-state index contributed by atoms with van der Waals surface area (Å²) in [5.41, 5.74) is 2.41. The third kappa shape index (κ3) is 7.06. The standard InChI is InChI=1S/C28H32N6O4/c1-18(35)29-10-11-30-25-17-26(34-28(33-25)19-6-4-3-5-7-19)31-12-13-32-27(37)15-20-14-24(36)22-9-8-21(38-2)16-23(20)22/h3-9,16-17,20H,10-15H2,1-2H3,(H,29,35)(H,32,37)(H2,30,31,33,34). The molecule has 0 radical (unpaired) electrons. The number of rotatable bonds is 12. The maximum absolute atomic E-state index is 12.6. The van der Waals surface area contributed by atoms with Crippen molar-refractivity contribution in [3.8, 4) is 17.1 Å². The molecule has 0 aliphatic heterocycles. The Morgan fingerprint density at radius 2 is 1.61 bits per heavy atom. The fourth-order valence-electron chi connectivity index (χ4n) is 4.35. The lowest BCUT2D eigenvalue weighted by Crippen LogP contribution is -2.30. The Balaban J connectivity index is 1.32. The zero-order valence-corrected chi connectivity index (χ0v) is 21.5. The molecule has 4 N–H and O–H groups in total. The highest BCUT2D eigenvalue weighted by atomic mass is 16.5. The second kappa shape index (κ2) is 12.7. The first-order chi connectivity index (χ1) is 18.4. The second-order valence-corrected chi connectivity index (χ2v) is 9.00. The summed E-state index contributed by atoms with van der Waals surface area (Å²) >= 11 is 0. The first-order valence-corrected chi connectivity index (χ1v) is 12.6. The molecular formula is C28H32N6O4. The third-order valence-electron chi connectivity index (χ3n) is 6.18. The Morgan fingerprint density at radius 3 is 2.26 bits per heavy atom. The van der Waals surface area contributed by atoms with Crippen LogP contribution in [-0.4, -0.2) is 60.9 Å². The van der Waals surface area contributed by atoms with E-state index in [1.807, 2.05) is 36.4 Å². The van der Waals surface area contributed by atoms with Crippen molar-refractivity contribution in [2.45, 2.75) is 25.7 Å². The molecule has 2 amide bonds. The molecule has 0 bridgehead atoms. The van der Waals surface area contributed by atoms with E-state index < -0.39 is 0 Å². The van der Waals surface area contributed by atoms with E-state index >= 15 is 0 Å². The number of carbonyl (C=O) groups excluding carboxylic acids is 3. The van der Waals surface area contributed by atoms with Crippen LogP contribution in [-0.2, 0) is 9.59 Å². The van der Waals surface area contributed by atoms with Gasteiger partial charge >= 0.3 is 0 Å². The van der Waals surface area contributed by atoms with Crippen LogP contribution in [0.2, 0.25) is 0 Å². The lowest BCUT2D eigenvalue weighted by Gasteiger charge is -2.14. The molecule has 1 atom stereocenters. The van der Waals surface area contributed by atoms with Crippen LogP contribution in [0.4, 0.5) is 11.6 Å². The van der Waals surface area contributed by atoms with Crippen LogP contribution in [0.1, 0.15) is 41.6 Å². The van der Waals surface area contributed by atoms with Gasteiger partial charge in [-0.1, -0.05) is 30.3 Å². The molecule has 1 heterocycles. The first kappa shape index (κ1) is 26.6. The van der Waals surface area contributed by atoms with E-state index in [4.69, 9.17) is 4.74 Å². The predicted molar refractivity (Wildman–Crippen MR) is 145 cm³/mol. The number of methoxy groups -OCH3 is 1. The summed E-state index contributed by atoms with van der Waals surface area (Å²) in [5.74, 6) is 2.16. The van der Waals surface area contributed by atoms with Gasteiger partial charge in [0.05, 0.1) is 7.11 Å². The molecule has 10 heteroatoms. The average molecular weight is 517 g/mol. The number of nitrogens with zero attached hydrogens (tertiary/aromatic N) is 2. The number of anilines is 2. The average Bonchev–Trinajstić information content (AvgIpc) is 3.23. The molecule has 1 unspecified atom stereocenters.